The summed E-state index contributed by atoms with van der Waals surface area (Å²) in [5.41, 5.74) is 1.68. The summed E-state index contributed by atoms with van der Waals surface area (Å²) in [6, 6.07) is 20.1. The highest BCUT2D eigenvalue weighted by Gasteiger charge is 2.33. The first kappa shape index (κ1) is 31.8. The van der Waals surface area contributed by atoms with Crippen LogP contribution in [-0.2, 0) is 32.6 Å². The van der Waals surface area contributed by atoms with E-state index in [1.165, 1.54) is 24.1 Å². The quantitative estimate of drug-likeness (QED) is 0.296. The van der Waals surface area contributed by atoms with Gasteiger partial charge in [0.15, 0.2) is 0 Å². The molecule has 3 rings (SSSR count). The average molecular weight is 602 g/mol. The molecule has 11 heteroatoms. The fourth-order valence-electron chi connectivity index (χ4n) is 4.34. The molecular formula is C30H36ClN3O6S. The molecule has 0 radical (unpaired) electrons. The number of carbonyl (C=O) groups is 2. The molecule has 1 atom stereocenters. The summed E-state index contributed by atoms with van der Waals surface area (Å²) < 4.78 is 37.7. The van der Waals surface area contributed by atoms with E-state index < -0.39 is 28.5 Å². The highest BCUT2D eigenvalue weighted by molar-refractivity contribution is 7.92. The molecule has 41 heavy (non-hydrogen) atoms. The molecule has 3 aromatic rings. The number of nitrogens with one attached hydrogen (secondary N) is 1. The molecule has 0 heterocycles. The van der Waals surface area contributed by atoms with Crippen molar-refractivity contribution in [2.75, 3.05) is 37.9 Å². The lowest BCUT2D eigenvalue weighted by molar-refractivity contribution is -0.140. The van der Waals surface area contributed by atoms with E-state index in [1.807, 2.05) is 43.3 Å². The van der Waals surface area contributed by atoms with Gasteiger partial charge in [0.1, 0.15) is 24.1 Å². The first-order chi connectivity index (χ1) is 19.6. The van der Waals surface area contributed by atoms with E-state index >= 15 is 0 Å². The van der Waals surface area contributed by atoms with Gasteiger partial charge in [-0.1, -0.05) is 61.0 Å². The minimum atomic E-state index is -3.97. The largest absolute Gasteiger partial charge is 0.497 e. The standard InChI is InChI=1S/C30H36ClN3O6S/c1-5-16-32-30(36)27(18-22-10-7-6-8-11-22)33(20-23-12-9-13-25(17-23)39-2)29(35)21-34(41(4,37)38)26-19-24(31)14-15-28(26)40-3/h6-15,17,19,27H,5,16,18,20-21H2,1-4H3,(H,32,36)/t27-/m1/s1. The number of anilines is 1. The maximum absolute atomic E-state index is 14.2. The molecule has 0 spiro atoms. The number of hydrogen-bond acceptors (Lipinski definition) is 6. The Morgan fingerprint density at radius 1 is 0.951 bits per heavy atom. The highest BCUT2D eigenvalue weighted by Crippen LogP contribution is 2.33. The van der Waals surface area contributed by atoms with Crippen molar-refractivity contribution in [2.24, 2.45) is 0 Å². The Kier molecular flexibility index (Phi) is 11.4. The van der Waals surface area contributed by atoms with Crippen molar-refractivity contribution in [3.05, 3.63) is 88.9 Å². The summed E-state index contributed by atoms with van der Waals surface area (Å²) >= 11 is 6.20. The second-order valence-electron chi connectivity index (χ2n) is 9.46. The molecule has 0 fully saturated rings. The summed E-state index contributed by atoms with van der Waals surface area (Å²) in [7, 11) is -1.03. The van der Waals surface area contributed by atoms with Crippen LogP contribution < -0.4 is 19.1 Å². The predicted molar refractivity (Wildman–Crippen MR) is 161 cm³/mol. The minimum Gasteiger partial charge on any atom is -0.497 e. The van der Waals surface area contributed by atoms with E-state index in [9.17, 15) is 18.0 Å². The van der Waals surface area contributed by atoms with E-state index in [0.717, 1.165) is 16.1 Å². The number of nitrogens with zero attached hydrogens (tertiary/aromatic N) is 2. The van der Waals surface area contributed by atoms with Gasteiger partial charge >= 0.3 is 0 Å². The van der Waals surface area contributed by atoms with Gasteiger partial charge in [0.25, 0.3) is 0 Å². The van der Waals surface area contributed by atoms with Crippen molar-refractivity contribution >= 4 is 39.1 Å². The molecule has 0 saturated heterocycles. The van der Waals surface area contributed by atoms with Gasteiger partial charge in [-0.3, -0.25) is 13.9 Å². The van der Waals surface area contributed by atoms with Crippen molar-refractivity contribution < 1.29 is 27.5 Å². The van der Waals surface area contributed by atoms with Crippen LogP contribution in [0.3, 0.4) is 0 Å². The number of methoxy groups -OCH3 is 2. The van der Waals surface area contributed by atoms with Gasteiger partial charge in [0.05, 0.1) is 26.2 Å². The van der Waals surface area contributed by atoms with Gasteiger partial charge in [-0.15, -0.1) is 0 Å². The van der Waals surface area contributed by atoms with Gasteiger partial charge in [-0.25, -0.2) is 8.42 Å². The van der Waals surface area contributed by atoms with Crippen LogP contribution in [0.5, 0.6) is 11.5 Å². The van der Waals surface area contributed by atoms with Crippen LogP contribution in [0.2, 0.25) is 5.02 Å². The maximum Gasteiger partial charge on any atom is 0.244 e. The van der Waals surface area contributed by atoms with Crippen LogP contribution in [0, 0.1) is 0 Å². The number of amides is 2. The Labute approximate surface area is 247 Å². The molecule has 0 saturated carbocycles. The average Bonchev–Trinajstić information content (AvgIpc) is 2.96. The van der Waals surface area contributed by atoms with E-state index in [2.05, 4.69) is 5.32 Å². The van der Waals surface area contributed by atoms with Crippen LogP contribution in [0.25, 0.3) is 0 Å². The van der Waals surface area contributed by atoms with Crippen LogP contribution in [0.4, 0.5) is 5.69 Å². The molecular weight excluding hydrogens is 566 g/mol. The summed E-state index contributed by atoms with van der Waals surface area (Å²) in [6.45, 7) is 1.83. The summed E-state index contributed by atoms with van der Waals surface area (Å²) in [5.74, 6) is -0.0918. The smallest absolute Gasteiger partial charge is 0.244 e. The Bertz CT molecular complexity index is 1440. The number of benzene rings is 3. The monoisotopic (exact) mass is 601 g/mol. The molecule has 3 aromatic carbocycles. The van der Waals surface area contributed by atoms with Crippen molar-refractivity contribution in [3.8, 4) is 11.5 Å². The Balaban J connectivity index is 2.10. The fourth-order valence-corrected chi connectivity index (χ4v) is 5.35. The minimum absolute atomic E-state index is 0.0390. The highest BCUT2D eigenvalue weighted by atomic mass is 35.5. The summed E-state index contributed by atoms with van der Waals surface area (Å²) in [5, 5.41) is 3.18. The van der Waals surface area contributed by atoms with Crippen LogP contribution in [-0.4, -0.2) is 64.7 Å². The zero-order valence-corrected chi connectivity index (χ0v) is 25.2. The molecule has 0 aromatic heterocycles. The second kappa shape index (κ2) is 14.7. The maximum atomic E-state index is 14.2. The first-order valence-electron chi connectivity index (χ1n) is 13.1. The van der Waals surface area contributed by atoms with E-state index in [1.54, 1.807) is 31.4 Å². The normalized spacial score (nSPS) is 11.8. The third kappa shape index (κ3) is 8.86. The molecule has 1 N–H and O–H groups in total. The molecule has 9 nitrogen and oxygen atoms in total. The first-order valence-corrected chi connectivity index (χ1v) is 15.3. The van der Waals surface area contributed by atoms with E-state index in [4.69, 9.17) is 21.1 Å². The molecule has 0 unspecified atom stereocenters. The van der Waals surface area contributed by atoms with Crippen LogP contribution >= 0.6 is 11.6 Å². The van der Waals surface area contributed by atoms with Crippen molar-refractivity contribution in [1.29, 1.82) is 0 Å². The zero-order valence-electron chi connectivity index (χ0n) is 23.7. The van der Waals surface area contributed by atoms with Gasteiger partial charge in [0, 0.05) is 24.5 Å². The zero-order chi connectivity index (χ0) is 30.0. The SMILES string of the molecule is CCCNC(=O)[C@@H](Cc1ccccc1)N(Cc1cccc(OC)c1)C(=O)CN(c1cc(Cl)ccc1OC)S(C)(=O)=O. The van der Waals surface area contributed by atoms with Crippen molar-refractivity contribution in [2.45, 2.75) is 32.4 Å². The number of ether oxygens (including phenoxy) is 2. The Hall–Kier alpha value is -3.76. The fraction of sp³-hybridized carbons (Fsp3) is 0.333. The number of hydrogen-bond donors (Lipinski definition) is 1. The molecule has 2 amide bonds. The Morgan fingerprint density at radius 3 is 2.29 bits per heavy atom. The van der Waals surface area contributed by atoms with Crippen LogP contribution in [0.1, 0.15) is 24.5 Å². The van der Waals surface area contributed by atoms with Crippen molar-refractivity contribution in [1.82, 2.24) is 10.2 Å². The Morgan fingerprint density at radius 2 is 1.66 bits per heavy atom. The topological polar surface area (TPSA) is 105 Å². The van der Waals surface area contributed by atoms with Crippen molar-refractivity contribution in [3.63, 3.8) is 0 Å². The molecule has 0 aliphatic rings. The predicted octanol–water partition coefficient (Wildman–Crippen LogP) is 4.29. The number of sulfonamides is 1. The van der Waals surface area contributed by atoms with Gasteiger partial charge < -0.3 is 19.7 Å². The third-order valence-electron chi connectivity index (χ3n) is 6.40. The van der Waals surface area contributed by atoms with E-state index in [0.29, 0.717) is 24.3 Å². The van der Waals surface area contributed by atoms with Crippen LogP contribution in [0.15, 0.2) is 72.8 Å². The van der Waals surface area contributed by atoms with Gasteiger partial charge in [0.2, 0.25) is 21.8 Å². The third-order valence-corrected chi connectivity index (χ3v) is 7.76. The molecule has 0 bridgehead atoms. The van der Waals surface area contributed by atoms with Gasteiger partial charge in [-0.05, 0) is 47.9 Å². The van der Waals surface area contributed by atoms with E-state index in [-0.39, 0.29) is 35.3 Å². The molecule has 0 aliphatic carbocycles. The second-order valence-corrected chi connectivity index (χ2v) is 11.8. The molecule has 220 valence electrons. The molecule has 0 aliphatic heterocycles. The number of halogens is 1. The lowest BCUT2D eigenvalue weighted by Crippen LogP contribution is -2.53. The summed E-state index contributed by atoms with van der Waals surface area (Å²) in [6.07, 6.45) is 1.94. The summed E-state index contributed by atoms with van der Waals surface area (Å²) in [4.78, 5) is 29.1. The lowest BCUT2D eigenvalue weighted by atomic mass is 10.0. The number of carbonyl (C=O) groups excluding carboxylic acids is 2. The van der Waals surface area contributed by atoms with Gasteiger partial charge in [-0.2, -0.15) is 0 Å². The number of rotatable bonds is 14. The lowest BCUT2D eigenvalue weighted by Gasteiger charge is -2.33.